The fourth-order valence-electron chi connectivity index (χ4n) is 2.67. The number of aromatic nitrogens is 1. The van der Waals surface area contributed by atoms with Crippen molar-refractivity contribution in [2.75, 3.05) is 27.3 Å². The molecule has 6 heteroatoms. The summed E-state index contributed by atoms with van der Waals surface area (Å²) in [4.78, 5) is 4.83. The normalized spacial score (nSPS) is 15.2. The van der Waals surface area contributed by atoms with Crippen LogP contribution in [0.5, 0.6) is 11.5 Å². The zero-order valence-corrected chi connectivity index (χ0v) is 14.4. The van der Waals surface area contributed by atoms with Gasteiger partial charge in [0.25, 0.3) is 0 Å². The van der Waals surface area contributed by atoms with Gasteiger partial charge in [0.15, 0.2) is 11.5 Å². The Balaban J connectivity index is 0.00000176. The van der Waals surface area contributed by atoms with E-state index in [1.54, 1.807) is 25.6 Å². The number of thiazole rings is 1. The molecule has 1 aromatic heterocycles. The molecular weight excluding hydrogens is 320 g/mol. The molecule has 22 heavy (non-hydrogen) atoms. The Morgan fingerprint density at radius 3 is 2.55 bits per heavy atom. The van der Waals surface area contributed by atoms with Gasteiger partial charge in [0.1, 0.15) is 0 Å². The Morgan fingerprint density at radius 2 is 1.86 bits per heavy atom. The molecule has 0 atom stereocenters. The topological polar surface area (TPSA) is 43.4 Å². The van der Waals surface area contributed by atoms with E-state index in [2.05, 4.69) is 10.7 Å². The van der Waals surface area contributed by atoms with Gasteiger partial charge in [-0.15, -0.1) is 23.7 Å². The average Bonchev–Trinajstić information content (AvgIpc) is 3.05. The summed E-state index contributed by atoms with van der Waals surface area (Å²) in [7, 11) is 3.30. The number of methoxy groups -OCH3 is 2. The first-order valence-electron chi connectivity index (χ1n) is 7.20. The fourth-order valence-corrected chi connectivity index (χ4v) is 3.67. The Morgan fingerprint density at radius 1 is 1.14 bits per heavy atom. The Hall–Kier alpha value is -1.30. The maximum absolute atomic E-state index is 5.36. The van der Waals surface area contributed by atoms with Gasteiger partial charge in [0.05, 0.1) is 24.9 Å². The van der Waals surface area contributed by atoms with E-state index < -0.39 is 0 Å². The molecule has 1 aromatic carbocycles. The summed E-state index contributed by atoms with van der Waals surface area (Å²) >= 11 is 1.76. The van der Waals surface area contributed by atoms with Crippen LogP contribution in [0.25, 0.3) is 11.3 Å². The van der Waals surface area contributed by atoms with E-state index >= 15 is 0 Å². The van der Waals surface area contributed by atoms with Gasteiger partial charge in [-0.2, -0.15) is 0 Å². The van der Waals surface area contributed by atoms with E-state index in [1.165, 1.54) is 17.8 Å². The lowest BCUT2D eigenvalue weighted by atomic mass is 9.99. The molecule has 3 rings (SSSR count). The van der Waals surface area contributed by atoms with Crippen molar-refractivity contribution in [1.29, 1.82) is 0 Å². The molecule has 1 saturated heterocycles. The highest BCUT2D eigenvalue weighted by Gasteiger charge is 2.19. The van der Waals surface area contributed by atoms with Crippen LogP contribution < -0.4 is 14.8 Å². The minimum atomic E-state index is 0. The van der Waals surface area contributed by atoms with Gasteiger partial charge in [-0.25, -0.2) is 4.98 Å². The van der Waals surface area contributed by atoms with Crippen LogP contribution in [0.3, 0.4) is 0 Å². The molecule has 0 aliphatic carbocycles. The standard InChI is InChI=1S/C16H20N2O2S.ClH/c1-19-14-4-3-12(9-15(14)20-2)13-10-21-16(18-13)11-5-7-17-8-6-11;/h3-4,9-11,17H,5-8H2,1-2H3;1H. The van der Waals surface area contributed by atoms with Crippen molar-refractivity contribution >= 4 is 23.7 Å². The van der Waals surface area contributed by atoms with Gasteiger partial charge < -0.3 is 14.8 Å². The molecule has 1 N–H and O–H groups in total. The molecule has 2 heterocycles. The number of piperidine rings is 1. The lowest BCUT2D eigenvalue weighted by Crippen LogP contribution is -2.26. The molecule has 0 amide bonds. The summed E-state index contributed by atoms with van der Waals surface area (Å²) in [5.41, 5.74) is 2.10. The zero-order valence-electron chi connectivity index (χ0n) is 12.8. The number of nitrogens with one attached hydrogen (secondary N) is 1. The van der Waals surface area contributed by atoms with Crippen LogP contribution in [0, 0.1) is 0 Å². The van der Waals surface area contributed by atoms with Crippen LogP contribution in [0.15, 0.2) is 23.6 Å². The Labute approximate surface area is 141 Å². The van der Waals surface area contributed by atoms with Crippen LogP contribution >= 0.6 is 23.7 Å². The highest BCUT2D eigenvalue weighted by atomic mass is 35.5. The van der Waals surface area contributed by atoms with Gasteiger partial charge in [0.2, 0.25) is 0 Å². The monoisotopic (exact) mass is 340 g/mol. The van der Waals surface area contributed by atoms with Crippen molar-refractivity contribution in [3.05, 3.63) is 28.6 Å². The molecule has 2 aromatic rings. The smallest absolute Gasteiger partial charge is 0.161 e. The van der Waals surface area contributed by atoms with Crippen LogP contribution in [-0.2, 0) is 0 Å². The molecule has 0 unspecified atom stereocenters. The van der Waals surface area contributed by atoms with E-state index in [-0.39, 0.29) is 12.4 Å². The molecular formula is C16H21ClN2O2S. The molecule has 4 nitrogen and oxygen atoms in total. The number of hydrogen-bond donors (Lipinski definition) is 1. The number of hydrogen-bond acceptors (Lipinski definition) is 5. The van der Waals surface area contributed by atoms with Gasteiger partial charge in [0, 0.05) is 16.9 Å². The quantitative estimate of drug-likeness (QED) is 0.921. The lowest BCUT2D eigenvalue weighted by Gasteiger charge is -2.20. The van der Waals surface area contributed by atoms with Gasteiger partial charge in [-0.1, -0.05) is 0 Å². The van der Waals surface area contributed by atoms with E-state index in [0.717, 1.165) is 35.8 Å². The van der Waals surface area contributed by atoms with E-state index in [0.29, 0.717) is 5.92 Å². The molecule has 1 aliphatic rings. The SMILES string of the molecule is COc1ccc(-c2csc(C3CCNCC3)n2)cc1OC.Cl. The van der Waals surface area contributed by atoms with Crippen LogP contribution in [0.1, 0.15) is 23.8 Å². The molecule has 0 spiro atoms. The summed E-state index contributed by atoms with van der Waals surface area (Å²) in [5.74, 6) is 2.09. The van der Waals surface area contributed by atoms with E-state index in [9.17, 15) is 0 Å². The summed E-state index contributed by atoms with van der Waals surface area (Å²) in [6.07, 6.45) is 2.36. The van der Waals surface area contributed by atoms with Crippen molar-refractivity contribution < 1.29 is 9.47 Å². The van der Waals surface area contributed by atoms with Crippen LogP contribution in [0.4, 0.5) is 0 Å². The summed E-state index contributed by atoms with van der Waals surface area (Å²) in [6, 6.07) is 5.94. The van der Waals surface area contributed by atoms with Crippen LogP contribution in [0.2, 0.25) is 0 Å². The van der Waals surface area contributed by atoms with Crippen molar-refractivity contribution in [3.8, 4) is 22.8 Å². The van der Waals surface area contributed by atoms with Crippen molar-refractivity contribution in [1.82, 2.24) is 10.3 Å². The van der Waals surface area contributed by atoms with Gasteiger partial charge in [-0.05, 0) is 44.1 Å². The lowest BCUT2D eigenvalue weighted by molar-refractivity contribution is 0.355. The van der Waals surface area contributed by atoms with E-state index in [1.807, 2.05) is 18.2 Å². The number of nitrogens with zero attached hydrogens (tertiary/aromatic N) is 1. The second kappa shape index (κ2) is 7.81. The number of benzene rings is 1. The Bertz CT molecular complexity index is 612. The third-order valence-electron chi connectivity index (χ3n) is 3.89. The summed E-state index contributed by atoms with van der Waals surface area (Å²) < 4.78 is 10.6. The highest BCUT2D eigenvalue weighted by molar-refractivity contribution is 7.10. The molecule has 0 saturated carbocycles. The predicted octanol–water partition coefficient (Wildman–Crippen LogP) is 3.72. The second-order valence-corrected chi connectivity index (χ2v) is 6.05. The first kappa shape index (κ1) is 17.1. The van der Waals surface area contributed by atoms with Gasteiger partial charge >= 0.3 is 0 Å². The molecule has 0 bridgehead atoms. The van der Waals surface area contributed by atoms with Crippen molar-refractivity contribution in [3.63, 3.8) is 0 Å². The number of halogens is 1. The number of ether oxygens (including phenoxy) is 2. The third-order valence-corrected chi connectivity index (χ3v) is 4.90. The van der Waals surface area contributed by atoms with E-state index in [4.69, 9.17) is 14.5 Å². The average molecular weight is 341 g/mol. The summed E-state index contributed by atoms with van der Waals surface area (Å²) in [5, 5.41) is 6.79. The maximum Gasteiger partial charge on any atom is 0.161 e. The third kappa shape index (κ3) is 3.54. The fraction of sp³-hybridized carbons (Fsp3) is 0.438. The maximum atomic E-state index is 5.36. The molecule has 120 valence electrons. The second-order valence-electron chi connectivity index (χ2n) is 5.17. The zero-order chi connectivity index (χ0) is 14.7. The minimum Gasteiger partial charge on any atom is -0.493 e. The van der Waals surface area contributed by atoms with Crippen molar-refractivity contribution in [2.45, 2.75) is 18.8 Å². The van der Waals surface area contributed by atoms with Crippen LogP contribution in [-0.4, -0.2) is 32.3 Å². The van der Waals surface area contributed by atoms with Crippen molar-refractivity contribution in [2.24, 2.45) is 0 Å². The minimum absolute atomic E-state index is 0. The first-order valence-corrected chi connectivity index (χ1v) is 8.08. The predicted molar refractivity (Wildman–Crippen MR) is 92.7 cm³/mol. The Kier molecular flexibility index (Phi) is 6.06. The largest absolute Gasteiger partial charge is 0.493 e. The molecule has 1 aliphatic heterocycles. The summed E-state index contributed by atoms with van der Waals surface area (Å²) in [6.45, 7) is 2.19. The first-order chi connectivity index (χ1) is 10.3. The number of rotatable bonds is 4. The van der Waals surface area contributed by atoms with Gasteiger partial charge in [-0.3, -0.25) is 0 Å². The molecule has 1 fully saturated rings. The molecule has 0 radical (unpaired) electrons. The highest BCUT2D eigenvalue weighted by Crippen LogP contribution is 2.35.